The molecule has 1 fully saturated rings. The lowest BCUT2D eigenvalue weighted by molar-refractivity contribution is 0.0542. The maximum atomic E-state index is 10.6. The number of aromatic carboxylic acids is 3. The average Bonchev–Trinajstić information content (AvgIpc) is 2.53. The molecule has 5 N–H and O–H groups in total. The van der Waals surface area contributed by atoms with Crippen LogP contribution in [0.2, 0.25) is 0 Å². The lowest BCUT2D eigenvalue weighted by Crippen LogP contribution is -2.55. The Morgan fingerprint density at radius 1 is 0.923 bits per heavy atom. The van der Waals surface area contributed by atoms with Crippen LogP contribution in [0.4, 0.5) is 0 Å². The van der Waals surface area contributed by atoms with E-state index in [1.165, 1.54) is 19.3 Å². The van der Waals surface area contributed by atoms with Crippen LogP contribution in [0.15, 0.2) is 18.2 Å². The van der Waals surface area contributed by atoms with E-state index in [9.17, 15) is 14.4 Å². The Hall–Kier alpha value is -2.41. The zero-order valence-electron chi connectivity index (χ0n) is 15.6. The Bertz CT molecular complexity index is 629. The van der Waals surface area contributed by atoms with Crippen molar-refractivity contribution in [2.45, 2.75) is 52.5 Å². The van der Waals surface area contributed by atoms with Gasteiger partial charge in [0.15, 0.2) is 0 Å². The van der Waals surface area contributed by atoms with Crippen LogP contribution in [-0.2, 0) is 0 Å². The summed E-state index contributed by atoms with van der Waals surface area (Å²) in [5, 5.41) is 25.8. The molecule has 2 unspecified atom stereocenters. The average molecular weight is 365 g/mol. The van der Waals surface area contributed by atoms with Crippen LogP contribution < -0.4 is 5.73 Å². The Balaban J connectivity index is 0.000000273. The minimum atomic E-state index is -1.37. The predicted octanol–water partition coefficient (Wildman–Crippen LogP) is 3.33. The number of hydrogen-bond acceptors (Lipinski definition) is 4. The maximum Gasteiger partial charge on any atom is 0.335 e. The summed E-state index contributed by atoms with van der Waals surface area (Å²) in [6.45, 7) is 9.13. The van der Waals surface area contributed by atoms with Crippen LogP contribution in [0, 0.1) is 11.3 Å². The first-order valence-corrected chi connectivity index (χ1v) is 8.43. The maximum absolute atomic E-state index is 10.6. The SMILES string of the molecule is CC1CCCC(C)(N)C1(C)C.O=C(O)c1cc(C(=O)O)cc(C(=O)O)c1. The summed E-state index contributed by atoms with van der Waals surface area (Å²) in [5.74, 6) is -3.35. The van der Waals surface area contributed by atoms with Gasteiger partial charge in [0, 0.05) is 5.54 Å². The van der Waals surface area contributed by atoms with E-state index in [0.717, 1.165) is 24.1 Å². The van der Waals surface area contributed by atoms with Crippen molar-refractivity contribution in [2.24, 2.45) is 17.1 Å². The fourth-order valence-corrected chi connectivity index (χ4v) is 3.02. The van der Waals surface area contributed by atoms with E-state index in [2.05, 4.69) is 27.7 Å². The molecule has 2 rings (SSSR count). The summed E-state index contributed by atoms with van der Waals surface area (Å²) in [6.07, 6.45) is 3.84. The van der Waals surface area contributed by atoms with Crippen LogP contribution >= 0.6 is 0 Å². The molecule has 0 aliphatic heterocycles. The Labute approximate surface area is 152 Å². The molecule has 1 aliphatic carbocycles. The lowest BCUT2D eigenvalue weighted by atomic mass is 9.59. The summed E-state index contributed by atoms with van der Waals surface area (Å²) in [7, 11) is 0. The minimum absolute atomic E-state index is 0.0463. The zero-order chi connectivity index (χ0) is 20.3. The standard InChI is InChI=1S/C10H21N.C9H6O6/c1-8-6-5-7-10(4,11)9(8,2)3;10-7(11)4-1-5(8(12)13)3-6(2-4)9(14)15/h8H,5-7,11H2,1-4H3;1-3H,(H,10,11)(H,12,13)(H,14,15). The van der Waals surface area contributed by atoms with Gasteiger partial charge in [-0.05, 0) is 42.9 Å². The first-order valence-electron chi connectivity index (χ1n) is 8.43. The van der Waals surface area contributed by atoms with Gasteiger partial charge >= 0.3 is 17.9 Å². The highest BCUT2D eigenvalue weighted by Crippen LogP contribution is 2.45. The summed E-state index contributed by atoms with van der Waals surface area (Å²) >= 11 is 0. The number of benzene rings is 1. The first kappa shape index (κ1) is 21.6. The molecule has 0 heterocycles. The summed E-state index contributed by atoms with van der Waals surface area (Å²) < 4.78 is 0. The van der Waals surface area contributed by atoms with Crippen LogP contribution in [0.5, 0.6) is 0 Å². The first-order chi connectivity index (χ1) is 11.8. The van der Waals surface area contributed by atoms with Gasteiger partial charge in [-0.15, -0.1) is 0 Å². The van der Waals surface area contributed by atoms with Crippen LogP contribution in [0.3, 0.4) is 0 Å². The largest absolute Gasteiger partial charge is 0.478 e. The van der Waals surface area contributed by atoms with Crippen molar-refractivity contribution >= 4 is 17.9 Å². The molecule has 1 saturated carbocycles. The highest BCUT2D eigenvalue weighted by atomic mass is 16.4. The molecule has 0 radical (unpaired) electrons. The second-order valence-corrected chi connectivity index (χ2v) is 7.65. The van der Waals surface area contributed by atoms with Crippen LogP contribution in [-0.4, -0.2) is 38.8 Å². The topological polar surface area (TPSA) is 138 Å². The van der Waals surface area contributed by atoms with E-state index in [0.29, 0.717) is 5.41 Å². The van der Waals surface area contributed by atoms with Crippen molar-refractivity contribution in [3.63, 3.8) is 0 Å². The zero-order valence-corrected chi connectivity index (χ0v) is 15.6. The highest BCUT2D eigenvalue weighted by Gasteiger charge is 2.43. The summed E-state index contributed by atoms with van der Waals surface area (Å²) in [5.41, 5.74) is 5.50. The number of rotatable bonds is 3. The van der Waals surface area contributed by atoms with Gasteiger partial charge in [0.1, 0.15) is 0 Å². The second-order valence-electron chi connectivity index (χ2n) is 7.65. The monoisotopic (exact) mass is 365 g/mol. The number of hydrogen-bond donors (Lipinski definition) is 4. The van der Waals surface area contributed by atoms with E-state index in [4.69, 9.17) is 21.1 Å². The number of carboxylic acid groups (broad SMARTS) is 3. The van der Waals surface area contributed by atoms with Crippen molar-refractivity contribution in [2.75, 3.05) is 0 Å². The van der Waals surface area contributed by atoms with Crippen molar-refractivity contribution in [1.82, 2.24) is 0 Å². The van der Waals surface area contributed by atoms with Gasteiger partial charge in [-0.25, -0.2) is 14.4 Å². The molecule has 7 nitrogen and oxygen atoms in total. The molecule has 7 heteroatoms. The quantitative estimate of drug-likeness (QED) is 0.644. The summed E-state index contributed by atoms with van der Waals surface area (Å²) in [4.78, 5) is 31.7. The van der Waals surface area contributed by atoms with E-state index in [1.807, 2.05) is 0 Å². The van der Waals surface area contributed by atoms with Gasteiger partial charge in [-0.3, -0.25) is 0 Å². The molecular weight excluding hydrogens is 338 g/mol. The lowest BCUT2D eigenvalue weighted by Gasteiger charge is -2.49. The van der Waals surface area contributed by atoms with Gasteiger partial charge in [0.05, 0.1) is 16.7 Å². The summed E-state index contributed by atoms with van der Waals surface area (Å²) in [6, 6.07) is 2.70. The third kappa shape index (κ3) is 4.82. The molecule has 26 heavy (non-hydrogen) atoms. The van der Waals surface area contributed by atoms with Crippen molar-refractivity contribution < 1.29 is 29.7 Å². The van der Waals surface area contributed by atoms with E-state index < -0.39 is 17.9 Å². The van der Waals surface area contributed by atoms with Gasteiger partial charge in [0.25, 0.3) is 0 Å². The fourth-order valence-electron chi connectivity index (χ4n) is 3.02. The molecule has 1 aromatic rings. The molecular formula is C19H27NO6. The van der Waals surface area contributed by atoms with Crippen LogP contribution in [0.25, 0.3) is 0 Å². The molecule has 0 bridgehead atoms. The number of carbonyl (C=O) groups is 3. The van der Waals surface area contributed by atoms with E-state index >= 15 is 0 Å². The number of nitrogens with two attached hydrogens (primary N) is 1. The molecule has 1 aliphatic rings. The third-order valence-electron chi connectivity index (χ3n) is 5.71. The fraction of sp³-hybridized carbons (Fsp3) is 0.526. The molecule has 0 aromatic heterocycles. The van der Waals surface area contributed by atoms with E-state index in [1.54, 1.807) is 0 Å². The molecule has 1 aromatic carbocycles. The normalized spacial score (nSPS) is 24.1. The Morgan fingerprint density at radius 2 is 1.27 bits per heavy atom. The third-order valence-corrected chi connectivity index (χ3v) is 5.71. The van der Waals surface area contributed by atoms with Crippen molar-refractivity contribution in [3.05, 3.63) is 34.9 Å². The van der Waals surface area contributed by atoms with Crippen molar-refractivity contribution in [3.8, 4) is 0 Å². The molecule has 0 amide bonds. The smallest absolute Gasteiger partial charge is 0.335 e. The van der Waals surface area contributed by atoms with Crippen molar-refractivity contribution in [1.29, 1.82) is 0 Å². The number of carboxylic acids is 3. The Kier molecular flexibility index (Phi) is 6.54. The minimum Gasteiger partial charge on any atom is -0.478 e. The van der Waals surface area contributed by atoms with E-state index in [-0.39, 0.29) is 22.2 Å². The molecule has 0 spiro atoms. The van der Waals surface area contributed by atoms with Gasteiger partial charge in [0.2, 0.25) is 0 Å². The van der Waals surface area contributed by atoms with Gasteiger partial charge in [-0.1, -0.05) is 33.6 Å². The van der Waals surface area contributed by atoms with Gasteiger partial charge in [-0.2, -0.15) is 0 Å². The Morgan fingerprint density at radius 3 is 1.50 bits per heavy atom. The molecule has 144 valence electrons. The van der Waals surface area contributed by atoms with Crippen LogP contribution in [0.1, 0.15) is 78.0 Å². The molecule has 0 saturated heterocycles. The molecule has 2 atom stereocenters. The second kappa shape index (κ2) is 7.86. The van der Waals surface area contributed by atoms with Gasteiger partial charge < -0.3 is 21.1 Å². The predicted molar refractivity (Wildman–Crippen MR) is 96.7 cm³/mol. The highest BCUT2D eigenvalue weighted by molar-refractivity contribution is 5.98.